The number of hydrogen-bond acceptors (Lipinski definition) is 3. The van der Waals surface area contributed by atoms with Crippen LogP contribution < -0.4 is 0 Å². The summed E-state index contributed by atoms with van der Waals surface area (Å²) in [4.78, 5) is 2.23. The van der Waals surface area contributed by atoms with Crippen LogP contribution in [0.1, 0.15) is 29.9 Å². The highest BCUT2D eigenvalue weighted by Gasteiger charge is 2.14. The highest BCUT2D eigenvalue weighted by atomic mass is 16.3. The summed E-state index contributed by atoms with van der Waals surface area (Å²) in [6.45, 7) is 3.08. The van der Waals surface area contributed by atoms with Crippen molar-refractivity contribution in [1.82, 2.24) is 4.90 Å². The van der Waals surface area contributed by atoms with Crippen molar-refractivity contribution in [2.45, 2.75) is 26.1 Å². The molecule has 3 heteroatoms. The molecule has 0 fully saturated rings. The molecule has 0 saturated heterocycles. The van der Waals surface area contributed by atoms with E-state index in [1.807, 2.05) is 24.3 Å². The van der Waals surface area contributed by atoms with Gasteiger partial charge in [-0.1, -0.05) is 24.3 Å². The lowest BCUT2D eigenvalue weighted by molar-refractivity contribution is 0.223. The molecular formula is C15H19NO2. The summed E-state index contributed by atoms with van der Waals surface area (Å²) in [7, 11) is 2.08. The number of aliphatic hydroxyl groups excluding tert-OH is 1. The molecule has 0 aliphatic heterocycles. The largest absolute Gasteiger partial charge is 0.468 e. The van der Waals surface area contributed by atoms with Crippen molar-refractivity contribution in [3.63, 3.8) is 0 Å². The van der Waals surface area contributed by atoms with Gasteiger partial charge in [0, 0.05) is 6.54 Å². The predicted molar refractivity (Wildman–Crippen MR) is 71.0 cm³/mol. The first kappa shape index (κ1) is 12.9. The topological polar surface area (TPSA) is 36.6 Å². The summed E-state index contributed by atoms with van der Waals surface area (Å²) < 4.78 is 5.42. The maximum Gasteiger partial charge on any atom is 0.120 e. The Morgan fingerprint density at radius 3 is 2.39 bits per heavy atom. The Hall–Kier alpha value is -1.58. The van der Waals surface area contributed by atoms with Crippen LogP contribution in [0.25, 0.3) is 0 Å². The fraction of sp³-hybridized carbons (Fsp3) is 0.333. The van der Waals surface area contributed by atoms with Gasteiger partial charge in [0.2, 0.25) is 0 Å². The first-order chi connectivity index (χ1) is 8.70. The molecule has 1 atom stereocenters. The first-order valence-electron chi connectivity index (χ1n) is 6.13. The van der Waals surface area contributed by atoms with Crippen LogP contribution in [0.15, 0.2) is 47.1 Å². The lowest BCUT2D eigenvalue weighted by atomic mass is 10.1. The van der Waals surface area contributed by atoms with Crippen molar-refractivity contribution >= 4 is 0 Å². The minimum absolute atomic E-state index is 0.0961. The lowest BCUT2D eigenvalue weighted by Crippen LogP contribution is -2.21. The number of furan rings is 1. The van der Waals surface area contributed by atoms with Gasteiger partial charge in [-0.3, -0.25) is 4.90 Å². The molecule has 0 radical (unpaired) electrons. The average molecular weight is 245 g/mol. The van der Waals surface area contributed by atoms with E-state index in [2.05, 4.69) is 31.0 Å². The Morgan fingerprint density at radius 1 is 1.17 bits per heavy atom. The monoisotopic (exact) mass is 245 g/mol. The number of aliphatic hydroxyl groups is 1. The Balaban J connectivity index is 1.99. The number of nitrogens with zero attached hydrogens (tertiary/aromatic N) is 1. The Labute approximate surface area is 108 Å². The van der Waals surface area contributed by atoms with E-state index in [4.69, 9.17) is 9.52 Å². The molecule has 0 spiro atoms. The number of hydrogen-bond donors (Lipinski definition) is 1. The standard InChI is InChI=1S/C15H19NO2/c1-12(15-4-3-9-18-15)16(2)10-13-5-7-14(11-17)8-6-13/h3-9,12,17H,10-11H2,1-2H3. The van der Waals surface area contributed by atoms with E-state index in [0.29, 0.717) is 0 Å². The molecule has 2 rings (SSSR count). The Morgan fingerprint density at radius 2 is 1.83 bits per heavy atom. The van der Waals surface area contributed by atoms with Gasteiger partial charge in [-0.05, 0) is 37.2 Å². The molecule has 2 aromatic rings. The highest BCUT2D eigenvalue weighted by molar-refractivity contribution is 5.22. The van der Waals surface area contributed by atoms with Crippen LogP contribution in [-0.4, -0.2) is 17.1 Å². The molecule has 18 heavy (non-hydrogen) atoms. The van der Waals surface area contributed by atoms with Crippen LogP contribution in [0.2, 0.25) is 0 Å². The van der Waals surface area contributed by atoms with Gasteiger partial charge in [0.05, 0.1) is 18.9 Å². The van der Waals surface area contributed by atoms with Crippen molar-refractivity contribution in [1.29, 1.82) is 0 Å². The SMILES string of the molecule is CC(c1ccco1)N(C)Cc1ccc(CO)cc1. The predicted octanol–water partition coefficient (Wildman–Crippen LogP) is 2.96. The maximum absolute atomic E-state index is 9.00. The smallest absolute Gasteiger partial charge is 0.120 e. The fourth-order valence-corrected chi connectivity index (χ4v) is 1.92. The van der Waals surface area contributed by atoms with Gasteiger partial charge in [0.1, 0.15) is 5.76 Å². The van der Waals surface area contributed by atoms with E-state index < -0.39 is 0 Å². The van der Waals surface area contributed by atoms with Crippen LogP contribution in [0.5, 0.6) is 0 Å². The van der Waals surface area contributed by atoms with Crippen molar-refractivity contribution in [2.75, 3.05) is 7.05 Å². The second-order valence-electron chi connectivity index (χ2n) is 4.58. The van der Waals surface area contributed by atoms with Crippen LogP contribution >= 0.6 is 0 Å². The van der Waals surface area contributed by atoms with Crippen LogP contribution in [0.3, 0.4) is 0 Å². The van der Waals surface area contributed by atoms with Crippen molar-refractivity contribution in [3.8, 4) is 0 Å². The molecule has 0 aliphatic carbocycles. The van der Waals surface area contributed by atoms with Crippen molar-refractivity contribution < 1.29 is 9.52 Å². The van der Waals surface area contributed by atoms with Gasteiger partial charge in [-0.25, -0.2) is 0 Å². The normalized spacial score (nSPS) is 12.9. The summed E-state index contributed by atoms with van der Waals surface area (Å²) in [6.07, 6.45) is 1.70. The van der Waals surface area contributed by atoms with E-state index in [1.54, 1.807) is 6.26 Å². The molecule has 1 N–H and O–H groups in total. The molecule has 1 aromatic heterocycles. The third-order valence-electron chi connectivity index (χ3n) is 3.25. The van der Waals surface area contributed by atoms with E-state index in [1.165, 1.54) is 5.56 Å². The molecule has 0 amide bonds. The van der Waals surface area contributed by atoms with Gasteiger partial charge >= 0.3 is 0 Å². The third-order valence-corrected chi connectivity index (χ3v) is 3.25. The van der Waals surface area contributed by atoms with E-state index in [9.17, 15) is 0 Å². The second-order valence-corrected chi connectivity index (χ2v) is 4.58. The zero-order chi connectivity index (χ0) is 13.0. The van der Waals surface area contributed by atoms with E-state index in [-0.39, 0.29) is 12.6 Å². The fourth-order valence-electron chi connectivity index (χ4n) is 1.92. The molecule has 1 aromatic carbocycles. The van der Waals surface area contributed by atoms with Crippen LogP contribution in [0, 0.1) is 0 Å². The minimum atomic E-state index is 0.0961. The zero-order valence-corrected chi connectivity index (χ0v) is 10.8. The Bertz CT molecular complexity index is 462. The quantitative estimate of drug-likeness (QED) is 0.879. The summed E-state index contributed by atoms with van der Waals surface area (Å²) in [6, 6.07) is 12.2. The lowest BCUT2D eigenvalue weighted by Gasteiger charge is -2.23. The molecule has 0 bridgehead atoms. The second kappa shape index (κ2) is 5.85. The van der Waals surface area contributed by atoms with Crippen molar-refractivity contribution in [3.05, 3.63) is 59.5 Å². The van der Waals surface area contributed by atoms with Gasteiger partial charge in [0.15, 0.2) is 0 Å². The van der Waals surface area contributed by atoms with Gasteiger partial charge in [-0.2, -0.15) is 0 Å². The molecule has 0 aliphatic rings. The minimum Gasteiger partial charge on any atom is -0.468 e. The molecule has 1 unspecified atom stereocenters. The van der Waals surface area contributed by atoms with Gasteiger partial charge < -0.3 is 9.52 Å². The Kier molecular flexibility index (Phi) is 4.18. The highest BCUT2D eigenvalue weighted by Crippen LogP contribution is 2.20. The van der Waals surface area contributed by atoms with Crippen LogP contribution in [-0.2, 0) is 13.2 Å². The van der Waals surface area contributed by atoms with Crippen molar-refractivity contribution in [2.24, 2.45) is 0 Å². The molecule has 3 nitrogen and oxygen atoms in total. The number of rotatable bonds is 5. The van der Waals surface area contributed by atoms with Gasteiger partial charge in [0.25, 0.3) is 0 Å². The zero-order valence-electron chi connectivity index (χ0n) is 10.8. The summed E-state index contributed by atoms with van der Waals surface area (Å²) >= 11 is 0. The molecule has 96 valence electrons. The molecule has 1 heterocycles. The summed E-state index contributed by atoms with van der Waals surface area (Å²) in [5, 5.41) is 9.00. The third kappa shape index (κ3) is 3.00. The summed E-state index contributed by atoms with van der Waals surface area (Å²) in [5.41, 5.74) is 2.17. The van der Waals surface area contributed by atoms with Crippen LogP contribution in [0.4, 0.5) is 0 Å². The number of benzene rings is 1. The van der Waals surface area contributed by atoms with Gasteiger partial charge in [-0.15, -0.1) is 0 Å². The first-order valence-corrected chi connectivity index (χ1v) is 6.13. The molecular weight excluding hydrogens is 226 g/mol. The molecule has 0 saturated carbocycles. The average Bonchev–Trinajstić information content (AvgIpc) is 2.92. The van der Waals surface area contributed by atoms with E-state index >= 15 is 0 Å². The maximum atomic E-state index is 9.00. The summed E-state index contributed by atoms with van der Waals surface area (Å²) in [5.74, 6) is 0.976. The van der Waals surface area contributed by atoms with E-state index in [0.717, 1.165) is 17.9 Å².